The maximum atomic E-state index is 12.1. The van der Waals surface area contributed by atoms with Gasteiger partial charge in [-0.05, 0) is 61.9 Å². The smallest absolute Gasteiger partial charge is 0.265 e. The van der Waals surface area contributed by atoms with Gasteiger partial charge in [-0.2, -0.15) is 5.26 Å². The fourth-order valence-electron chi connectivity index (χ4n) is 1.86. The Labute approximate surface area is 134 Å². The molecule has 5 heteroatoms. The molecule has 0 saturated carbocycles. The topological polar surface area (TPSA) is 62.1 Å². The van der Waals surface area contributed by atoms with Crippen molar-refractivity contribution in [3.05, 3.63) is 58.6 Å². The summed E-state index contributed by atoms with van der Waals surface area (Å²) in [6.45, 7) is 3.54. The van der Waals surface area contributed by atoms with Crippen molar-refractivity contribution in [1.29, 1.82) is 5.26 Å². The first kappa shape index (κ1) is 15.9. The zero-order valence-electron chi connectivity index (χ0n) is 12.3. The van der Waals surface area contributed by atoms with Crippen molar-refractivity contribution in [2.75, 3.05) is 5.32 Å². The molecule has 2 aromatic carbocycles. The molecule has 1 N–H and O–H groups in total. The number of rotatable bonds is 4. The SMILES string of the molecule is Cc1cc(Cl)ccc1OC(C)C(=O)Nc1ccc(C#N)cc1. The van der Waals surface area contributed by atoms with Gasteiger partial charge < -0.3 is 10.1 Å². The summed E-state index contributed by atoms with van der Waals surface area (Å²) in [6.07, 6.45) is -0.657. The van der Waals surface area contributed by atoms with Crippen LogP contribution in [0.4, 0.5) is 5.69 Å². The van der Waals surface area contributed by atoms with Gasteiger partial charge in [0.25, 0.3) is 5.91 Å². The zero-order chi connectivity index (χ0) is 16.1. The Bertz CT molecular complexity index is 720. The number of nitrogens with zero attached hydrogens (tertiary/aromatic N) is 1. The molecule has 0 aliphatic rings. The van der Waals surface area contributed by atoms with Crippen LogP contribution in [0.3, 0.4) is 0 Å². The van der Waals surface area contributed by atoms with Gasteiger partial charge in [0.2, 0.25) is 0 Å². The van der Waals surface area contributed by atoms with E-state index in [1.165, 1.54) is 0 Å². The summed E-state index contributed by atoms with van der Waals surface area (Å²) in [5.41, 5.74) is 2.02. The first-order valence-corrected chi connectivity index (χ1v) is 7.11. The molecule has 0 spiro atoms. The van der Waals surface area contributed by atoms with E-state index in [1.54, 1.807) is 49.4 Å². The quantitative estimate of drug-likeness (QED) is 0.930. The van der Waals surface area contributed by atoms with Crippen LogP contribution in [0.1, 0.15) is 18.1 Å². The van der Waals surface area contributed by atoms with E-state index in [2.05, 4.69) is 5.32 Å². The Morgan fingerprint density at radius 2 is 1.95 bits per heavy atom. The maximum absolute atomic E-state index is 12.1. The summed E-state index contributed by atoms with van der Waals surface area (Å²) in [6, 6.07) is 13.9. The van der Waals surface area contributed by atoms with Gasteiger partial charge >= 0.3 is 0 Å². The Hall–Kier alpha value is -2.51. The molecule has 1 unspecified atom stereocenters. The molecular formula is C17H15ClN2O2. The van der Waals surface area contributed by atoms with E-state index in [0.29, 0.717) is 22.0 Å². The van der Waals surface area contributed by atoms with Gasteiger partial charge in [0.05, 0.1) is 11.6 Å². The Balaban J connectivity index is 2.01. The first-order chi connectivity index (χ1) is 10.5. The number of aryl methyl sites for hydroxylation is 1. The Kier molecular flexibility index (Phi) is 5.03. The number of anilines is 1. The van der Waals surface area contributed by atoms with Crippen molar-refractivity contribution < 1.29 is 9.53 Å². The number of ether oxygens (including phenoxy) is 1. The average Bonchev–Trinajstić information content (AvgIpc) is 2.50. The molecular weight excluding hydrogens is 300 g/mol. The molecule has 0 aromatic heterocycles. The highest BCUT2D eigenvalue weighted by Crippen LogP contribution is 2.23. The molecule has 112 valence electrons. The normalized spacial score (nSPS) is 11.4. The first-order valence-electron chi connectivity index (χ1n) is 6.73. The third kappa shape index (κ3) is 4.00. The second-order valence-corrected chi connectivity index (χ2v) is 5.28. The number of nitrogens with one attached hydrogen (secondary N) is 1. The molecule has 0 bridgehead atoms. The summed E-state index contributed by atoms with van der Waals surface area (Å²) in [5, 5.41) is 12.1. The fourth-order valence-corrected chi connectivity index (χ4v) is 2.09. The molecule has 0 fully saturated rings. The van der Waals surface area contributed by atoms with Crippen molar-refractivity contribution in [1.82, 2.24) is 0 Å². The minimum Gasteiger partial charge on any atom is -0.481 e. The molecule has 0 aliphatic heterocycles. The monoisotopic (exact) mass is 314 g/mol. The van der Waals surface area contributed by atoms with Crippen LogP contribution in [0, 0.1) is 18.3 Å². The lowest BCUT2D eigenvalue weighted by Gasteiger charge is -2.16. The van der Waals surface area contributed by atoms with E-state index >= 15 is 0 Å². The van der Waals surface area contributed by atoms with Gasteiger partial charge in [-0.3, -0.25) is 4.79 Å². The number of hydrogen-bond donors (Lipinski definition) is 1. The largest absolute Gasteiger partial charge is 0.481 e. The molecule has 0 aliphatic carbocycles. The van der Waals surface area contributed by atoms with Gasteiger partial charge in [-0.1, -0.05) is 11.6 Å². The highest BCUT2D eigenvalue weighted by Gasteiger charge is 2.16. The van der Waals surface area contributed by atoms with Crippen LogP contribution in [-0.2, 0) is 4.79 Å². The third-order valence-corrected chi connectivity index (χ3v) is 3.33. The van der Waals surface area contributed by atoms with Crippen LogP contribution in [-0.4, -0.2) is 12.0 Å². The number of hydrogen-bond acceptors (Lipinski definition) is 3. The minimum absolute atomic E-state index is 0.265. The van der Waals surface area contributed by atoms with Crippen molar-refractivity contribution in [3.8, 4) is 11.8 Å². The van der Waals surface area contributed by atoms with E-state index in [0.717, 1.165) is 5.56 Å². The average molecular weight is 315 g/mol. The minimum atomic E-state index is -0.657. The van der Waals surface area contributed by atoms with Gasteiger partial charge in [0.15, 0.2) is 6.10 Å². The Morgan fingerprint density at radius 3 is 2.55 bits per heavy atom. The summed E-state index contributed by atoms with van der Waals surface area (Å²) in [4.78, 5) is 12.1. The van der Waals surface area contributed by atoms with E-state index in [-0.39, 0.29) is 5.91 Å². The second kappa shape index (κ2) is 6.97. The van der Waals surface area contributed by atoms with Crippen LogP contribution >= 0.6 is 11.6 Å². The number of amides is 1. The van der Waals surface area contributed by atoms with E-state index in [1.807, 2.05) is 13.0 Å². The standard InChI is InChI=1S/C17H15ClN2O2/c1-11-9-14(18)5-8-16(11)22-12(2)17(21)20-15-6-3-13(10-19)4-7-15/h3-9,12H,1-2H3,(H,20,21). The van der Waals surface area contributed by atoms with Gasteiger partial charge in [-0.25, -0.2) is 0 Å². The zero-order valence-corrected chi connectivity index (χ0v) is 13.0. The fraction of sp³-hybridized carbons (Fsp3) is 0.176. The van der Waals surface area contributed by atoms with Crippen molar-refractivity contribution in [2.24, 2.45) is 0 Å². The van der Waals surface area contributed by atoms with Crippen LogP contribution in [0.25, 0.3) is 0 Å². The lowest BCUT2D eigenvalue weighted by Crippen LogP contribution is -2.30. The molecule has 2 rings (SSSR count). The predicted molar refractivity (Wildman–Crippen MR) is 86.1 cm³/mol. The number of carbonyl (C=O) groups excluding carboxylic acids is 1. The number of benzene rings is 2. The van der Waals surface area contributed by atoms with E-state index < -0.39 is 6.10 Å². The van der Waals surface area contributed by atoms with Crippen LogP contribution in [0.5, 0.6) is 5.75 Å². The van der Waals surface area contributed by atoms with Crippen LogP contribution in [0.2, 0.25) is 5.02 Å². The molecule has 0 radical (unpaired) electrons. The molecule has 0 saturated heterocycles. The molecule has 0 heterocycles. The van der Waals surface area contributed by atoms with E-state index in [4.69, 9.17) is 21.6 Å². The lowest BCUT2D eigenvalue weighted by atomic mass is 10.2. The van der Waals surface area contributed by atoms with Gasteiger partial charge in [0.1, 0.15) is 5.75 Å². The summed E-state index contributed by atoms with van der Waals surface area (Å²) in [5.74, 6) is 0.353. The molecule has 1 atom stereocenters. The maximum Gasteiger partial charge on any atom is 0.265 e. The highest BCUT2D eigenvalue weighted by atomic mass is 35.5. The number of nitriles is 1. The summed E-state index contributed by atoms with van der Waals surface area (Å²) >= 11 is 5.89. The number of carbonyl (C=O) groups is 1. The predicted octanol–water partition coefficient (Wildman–Crippen LogP) is 3.93. The molecule has 4 nitrogen and oxygen atoms in total. The second-order valence-electron chi connectivity index (χ2n) is 4.85. The van der Waals surface area contributed by atoms with Crippen LogP contribution in [0.15, 0.2) is 42.5 Å². The molecule has 22 heavy (non-hydrogen) atoms. The highest BCUT2D eigenvalue weighted by molar-refractivity contribution is 6.30. The van der Waals surface area contributed by atoms with E-state index in [9.17, 15) is 4.79 Å². The summed E-state index contributed by atoms with van der Waals surface area (Å²) < 4.78 is 5.66. The Morgan fingerprint density at radius 1 is 1.27 bits per heavy atom. The van der Waals surface area contributed by atoms with Crippen molar-refractivity contribution >= 4 is 23.2 Å². The number of halogens is 1. The van der Waals surface area contributed by atoms with Gasteiger partial charge in [0, 0.05) is 10.7 Å². The molecule has 1 amide bonds. The van der Waals surface area contributed by atoms with Crippen molar-refractivity contribution in [2.45, 2.75) is 20.0 Å². The van der Waals surface area contributed by atoms with Crippen LogP contribution < -0.4 is 10.1 Å². The van der Waals surface area contributed by atoms with Gasteiger partial charge in [-0.15, -0.1) is 0 Å². The lowest BCUT2D eigenvalue weighted by molar-refractivity contribution is -0.122. The third-order valence-electron chi connectivity index (χ3n) is 3.09. The van der Waals surface area contributed by atoms with Crippen molar-refractivity contribution in [3.63, 3.8) is 0 Å². The summed E-state index contributed by atoms with van der Waals surface area (Å²) in [7, 11) is 0. The molecule has 2 aromatic rings.